The number of rotatable bonds is 5. The van der Waals surface area contributed by atoms with E-state index >= 15 is 0 Å². The average Bonchev–Trinajstić information content (AvgIpc) is 3.00. The fourth-order valence-corrected chi connectivity index (χ4v) is 3.95. The van der Waals surface area contributed by atoms with E-state index in [1.807, 2.05) is 12.1 Å². The number of anilines is 2. The summed E-state index contributed by atoms with van der Waals surface area (Å²) in [6.07, 6.45) is 6.55. The molecule has 2 amide bonds. The first-order valence-electron chi connectivity index (χ1n) is 9.23. The molecule has 0 radical (unpaired) electrons. The van der Waals surface area contributed by atoms with Crippen LogP contribution in [0.2, 0.25) is 0 Å². The van der Waals surface area contributed by atoms with Crippen molar-refractivity contribution in [2.24, 2.45) is 0 Å². The van der Waals surface area contributed by atoms with E-state index in [0.29, 0.717) is 6.04 Å². The molecule has 1 aromatic heterocycles. The zero-order valence-electron chi connectivity index (χ0n) is 14.8. The van der Waals surface area contributed by atoms with Crippen LogP contribution in [0, 0.1) is 0 Å². The van der Waals surface area contributed by atoms with E-state index in [1.54, 1.807) is 6.20 Å². The van der Waals surface area contributed by atoms with Gasteiger partial charge in [0.1, 0.15) is 5.82 Å². The number of hydrogen-bond donors (Lipinski definition) is 2. The molecule has 2 aliphatic rings. The normalized spacial score (nSPS) is 23.6. The Morgan fingerprint density at radius 1 is 1.25 bits per heavy atom. The molecule has 0 aliphatic carbocycles. The minimum Gasteiger partial charge on any atom is -0.357 e. The van der Waals surface area contributed by atoms with Crippen LogP contribution in [0.25, 0.3) is 0 Å². The quantitative estimate of drug-likeness (QED) is 0.871. The van der Waals surface area contributed by atoms with E-state index in [-0.39, 0.29) is 12.1 Å². The monoisotopic (exact) mass is 331 g/mol. The van der Waals surface area contributed by atoms with Crippen molar-refractivity contribution >= 4 is 17.5 Å². The topological polar surface area (TPSA) is 60.5 Å². The van der Waals surface area contributed by atoms with Crippen molar-refractivity contribution in [2.75, 3.05) is 36.4 Å². The number of carbonyl (C=O) groups excluding carboxylic acids is 1. The minimum absolute atomic E-state index is 0.121. The third-order valence-electron chi connectivity index (χ3n) is 5.27. The molecule has 132 valence electrons. The lowest BCUT2D eigenvalue weighted by Crippen LogP contribution is -2.47. The molecule has 24 heavy (non-hydrogen) atoms. The van der Waals surface area contributed by atoms with Gasteiger partial charge in [-0.1, -0.05) is 6.42 Å². The fraction of sp³-hybridized carbons (Fsp3) is 0.667. The highest BCUT2D eigenvalue weighted by Crippen LogP contribution is 2.27. The fourth-order valence-electron chi connectivity index (χ4n) is 3.95. The molecule has 2 aliphatic heterocycles. The highest BCUT2D eigenvalue weighted by Gasteiger charge is 2.36. The summed E-state index contributed by atoms with van der Waals surface area (Å²) in [5.41, 5.74) is 0.738. The number of amides is 2. The third-order valence-corrected chi connectivity index (χ3v) is 5.27. The number of urea groups is 1. The molecule has 6 heteroatoms. The Labute approximate surface area is 144 Å². The zero-order valence-corrected chi connectivity index (χ0v) is 14.8. The van der Waals surface area contributed by atoms with E-state index in [4.69, 9.17) is 0 Å². The van der Waals surface area contributed by atoms with E-state index in [2.05, 4.69) is 39.3 Å². The summed E-state index contributed by atoms with van der Waals surface area (Å²) in [7, 11) is 0. The standard InChI is InChI=1S/C18H29N5O/c1-3-22(4-2)17-9-8-14(13-19-17)20-18(24)21-15-10-12-23-11-6-5-7-16(15)23/h8-9,13,15-16H,3-7,10-12H2,1-2H3,(H2,20,21,24)/t15-,16+/m1/s1. The van der Waals surface area contributed by atoms with Crippen LogP contribution in [0.4, 0.5) is 16.3 Å². The molecule has 0 bridgehead atoms. The van der Waals surface area contributed by atoms with Gasteiger partial charge in [-0.2, -0.15) is 0 Å². The van der Waals surface area contributed by atoms with Gasteiger partial charge in [0.05, 0.1) is 11.9 Å². The van der Waals surface area contributed by atoms with Crippen LogP contribution in [0.1, 0.15) is 39.5 Å². The average molecular weight is 331 g/mol. The molecular weight excluding hydrogens is 302 g/mol. The summed E-state index contributed by atoms with van der Waals surface area (Å²) < 4.78 is 0. The van der Waals surface area contributed by atoms with Gasteiger partial charge in [0.15, 0.2) is 0 Å². The van der Waals surface area contributed by atoms with Crippen molar-refractivity contribution in [3.63, 3.8) is 0 Å². The molecule has 3 heterocycles. The maximum atomic E-state index is 12.3. The minimum atomic E-state index is -0.121. The second-order valence-corrected chi connectivity index (χ2v) is 6.67. The number of fused-ring (bicyclic) bond motifs is 1. The van der Waals surface area contributed by atoms with Crippen LogP contribution in [0.5, 0.6) is 0 Å². The Morgan fingerprint density at radius 3 is 2.79 bits per heavy atom. The van der Waals surface area contributed by atoms with Gasteiger partial charge in [-0.15, -0.1) is 0 Å². The molecule has 0 spiro atoms. The lowest BCUT2D eigenvalue weighted by atomic mass is 9.99. The van der Waals surface area contributed by atoms with Gasteiger partial charge in [-0.05, 0) is 51.8 Å². The van der Waals surface area contributed by atoms with Crippen molar-refractivity contribution in [1.29, 1.82) is 0 Å². The Balaban J connectivity index is 1.53. The molecule has 0 saturated carbocycles. The second kappa shape index (κ2) is 7.83. The SMILES string of the molecule is CCN(CC)c1ccc(NC(=O)N[C@@H]2CCN3CCCC[C@@H]23)cn1. The molecule has 0 aromatic carbocycles. The predicted molar refractivity (Wildman–Crippen MR) is 97.6 cm³/mol. The first-order valence-corrected chi connectivity index (χ1v) is 9.23. The van der Waals surface area contributed by atoms with Gasteiger partial charge in [0.25, 0.3) is 0 Å². The largest absolute Gasteiger partial charge is 0.357 e. The van der Waals surface area contributed by atoms with E-state index in [0.717, 1.165) is 37.6 Å². The van der Waals surface area contributed by atoms with Gasteiger partial charge in [0, 0.05) is 31.7 Å². The number of carbonyl (C=O) groups is 1. The van der Waals surface area contributed by atoms with Crippen LogP contribution in [-0.4, -0.2) is 54.2 Å². The predicted octanol–water partition coefficient (Wildman–Crippen LogP) is 2.68. The van der Waals surface area contributed by atoms with Crippen LogP contribution < -0.4 is 15.5 Å². The number of piperidine rings is 1. The van der Waals surface area contributed by atoms with Gasteiger partial charge in [-0.25, -0.2) is 9.78 Å². The number of nitrogens with one attached hydrogen (secondary N) is 2. The number of aromatic nitrogens is 1. The van der Waals surface area contributed by atoms with Gasteiger partial charge in [-0.3, -0.25) is 4.90 Å². The first kappa shape index (κ1) is 17.0. The molecule has 2 atom stereocenters. The van der Waals surface area contributed by atoms with E-state index < -0.39 is 0 Å². The zero-order chi connectivity index (χ0) is 16.9. The lowest BCUT2D eigenvalue weighted by Gasteiger charge is -2.32. The van der Waals surface area contributed by atoms with Gasteiger partial charge < -0.3 is 15.5 Å². The van der Waals surface area contributed by atoms with Crippen molar-refractivity contribution < 1.29 is 4.79 Å². The van der Waals surface area contributed by atoms with Gasteiger partial charge >= 0.3 is 6.03 Å². The van der Waals surface area contributed by atoms with Gasteiger partial charge in [0.2, 0.25) is 0 Å². The van der Waals surface area contributed by atoms with E-state index in [1.165, 1.54) is 25.8 Å². The van der Waals surface area contributed by atoms with Crippen molar-refractivity contribution in [2.45, 2.75) is 51.6 Å². The lowest BCUT2D eigenvalue weighted by molar-refractivity contribution is 0.180. The molecule has 0 unspecified atom stereocenters. The maximum absolute atomic E-state index is 12.3. The maximum Gasteiger partial charge on any atom is 0.319 e. The summed E-state index contributed by atoms with van der Waals surface area (Å²) in [5, 5.41) is 6.07. The Kier molecular flexibility index (Phi) is 5.56. The summed E-state index contributed by atoms with van der Waals surface area (Å²) in [4.78, 5) is 21.4. The molecular formula is C18H29N5O. The molecule has 2 fully saturated rings. The molecule has 6 nitrogen and oxygen atoms in total. The van der Waals surface area contributed by atoms with Crippen molar-refractivity contribution in [3.05, 3.63) is 18.3 Å². The van der Waals surface area contributed by atoms with Crippen molar-refractivity contribution in [1.82, 2.24) is 15.2 Å². The van der Waals surface area contributed by atoms with Crippen LogP contribution in [-0.2, 0) is 0 Å². The molecule has 2 saturated heterocycles. The summed E-state index contributed by atoms with van der Waals surface area (Å²) in [6, 6.07) is 4.55. The highest BCUT2D eigenvalue weighted by molar-refractivity contribution is 5.89. The Bertz CT molecular complexity index is 543. The molecule has 3 rings (SSSR count). The summed E-state index contributed by atoms with van der Waals surface area (Å²) in [6.45, 7) is 8.37. The van der Waals surface area contributed by atoms with Crippen LogP contribution in [0.3, 0.4) is 0 Å². The highest BCUT2D eigenvalue weighted by atomic mass is 16.2. The third kappa shape index (κ3) is 3.80. The van der Waals surface area contributed by atoms with Crippen LogP contribution >= 0.6 is 0 Å². The summed E-state index contributed by atoms with van der Waals surface area (Å²) >= 11 is 0. The molecule has 2 N–H and O–H groups in total. The molecule has 1 aromatic rings. The number of nitrogens with zero attached hydrogens (tertiary/aromatic N) is 3. The summed E-state index contributed by atoms with van der Waals surface area (Å²) in [5.74, 6) is 0.944. The first-order chi connectivity index (χ1) is 11.7. The van der Waals surface area contributed by atoms with Crippen LogP contribution in [0.15, 0.2) is 18.3 Å². The Morgan fingerprint density at radius 2 is 2.08 bits per heavy atom. The number of pyridine rings is 1. The van der Waals surface area contributed by atoms with Crippen molar-refractivity contribution in [3.8, 4) is 0 Å². The second-order valence-electron chi connectivity index (χ2n) is 6.67. The smallest absolute Gasteiger partial charge is 0.319 e. The van der Waals surface area contributed by atoms with E-state index in [9.17, 15) is 4.79 Å². The Hall–Kier alpha value is -1.82. The number of hydrogen-bond acceptors (Lipinski definition) is 4.